The van der Waals surface area contributed by atoms with Crippen LogP contribution in [0.25, 0.3) is 0 Å². The molecule has 0 aromatic rings. The van der Waals surface area contributed by atoms with Crippen molar-refractivity contribution >= 4 is 11.8 Å². The number of ketones is 1. The van der Waals surface area contributed by atoms with Crippen molar-refractivity contribution in [2.24, 2.45) is 39.4 Å². The van der Waals surface area contributed by atoms with Crippen molar-refractivity contribution in [3.8, 4) is 0 Å². The van der Waals surface area contributed by atoms with Gasteiger partial charge in [0, 0.05) is 28.2 Å². The zero-order valence-electron chi connectivity index (χ0n) is 22.2. The van der Waals surface area contributed by atoms with Gasteiger partial charge in [-0.1, -0.05) is 59.8 Å². The Bertz CT molecular complexity index is 984. The molecule has 0 unspecified atom stereocenters. The molecule has 34 heavy (non-hydrogen) atoms. The van der Waals surface area contributed by atoms with E-state index >= 15 is 0 Å². The maximum absolute atomic E-state index is 12.8. The molecule has 4 heteroatoms. The summed E-state index contributed by atoms with van der Waals surface area (Å²) in [5, 5.41) is 20.9. The van der Waals surface area contributed by atoms with Crippen molar-refractivity contribution in [2.45, 2.75) is 99.5 Å². The average molecular weight is 469 g/mol. The first kappa shape index (κ1) is 25.4. The minimum Gasteiger partial charge on any atom is -0.478 e. The third-order valence-electron chi connectivity index (χ3n) is 11.2. The third-order valence-corrected chi connectivity index (χ3v) is 11.2. The summed E-state index contributed by atoms with van der Waals surface area (Å²) in [6.07, 6.45) is 12.2. The summed E-state index contributed by atoms with van der Waals surface area (Å²) in [4.78, 5) is 23.9. The minimum absolute atomic E-state index is 0.0737. The first-order valence-corrected chi connectivity index (χ1v) is 13.3. The van der Waals surface area contributed by atoms with E-state index in [0.29, 0.717) is 29.6 Å². The van der Waals surface area contributed by atoms with Gasteiger partial charge in [0.2, 0.25) is 0 Å². The molecule has 0 radical (unpaired) electrons. The first-order valence-electron chi connectivity index (χ1n) is 13.3. The van der Waals surface area contributed by atoms with E-state index in [1.807, 2.05) is 6.08 Å². The Kier molecular flexibility index (Phi) is 6.12. The van der Waals surface area contributed by atoms with Crippen LogP contribution in [0.2, 0.25) is 0 Å². The summed E-state index contributed by atoms with van der Waals surface area (Å²) in [6, 6.07) is 0. The molecular formula is C30H44O4. The van der Waals surface area contributed by atoms with Crippen LogP contribution in [0.15, 0.2) is 34.9 Å². The highest BCUT2D eigenvalue weighted by Gasteiger charge is 2.65. The molecule has 188 valence electrons. The lowest BCUT2D eigenvalue weighted by Crippen LogP contribution is -2.56. The second-order valence-corrected chi connectivity index (χ2v) is 13.0. The molecule has 0 heterocycles. The van der Waals surface area contributed by atoms with Crippen molar-refractivity contribution in [2.75, 3.05) is 0 Å². The van der Waals surface area contributed by atoms with E-state index in [9.17, 15) is 14.7 Å². The molecule has 0 aliphatic heterocycles. The van der Waals surface area contributed by atoms with E-state index in [1.54, 1.807) is 6.92 Å². The molecule has 0 saturated heterocycles. The third kappa shape index (κ3) is 3.34. The number of aliphatic carboxylic acids is 1. The molecule has 2 N–H and O–H groups in total. The summed E-state index contributed by atoms with van der Waals surface area (Å²) in [6.45, 7) is 15.2. The average Bonchev–Trinajstić information content (AvgIpc) is 3.05. The van der Waals surface area contributed by atoms with Gasteiger partial charge in [0.15, 0.2) is 0 Å². The fourth-order valence-electron chi connectivity index (χ4n) is 8.64. The molecule has 0 spiro atoms. The molecule has 4 nitrogen and oxygen atoms in total. The number of allylic oxidation sites excluding steroid dienone is 4. The number of rotatable bonds is 5. The Labute approximate surface area is 205 Å². The van der Waals surface area contributed by atoms with Gasteiger partial charge in [-0.2, -0.15) is 0 Å². The van der Waals surface area contributed by atoms with Crippen LogP contribution >= 0.6 is 0 Å². The van der Waals surface area contributed by atoms with E-state index in [-0.39, 0.29) is 27.6 Å². The predicted octanol–water partition coefficient (Wildman–Crippen LogP) is 6.50. The minimum atomic E-state index is -0.850. The van der Waals surface area contributed by atoms with Crippen LogP contribution in [-0.2, 0) is 9.59 Å². The molecule has 0 amide bonds. The number of carbonyl (C=O) groups is 2. The second-order valence-electron chi connectivity index (χ2n) is 13.0. The summed E-state index contributed by atoms with van der Waals surface area (Å²) in [5.74, 6) is 0.572. The Morgan fingerprint density at radius 1 is 1.18 bits per heavy atom. The van der Waals surface area contributed by atoms with Crippen molar-refractivity contribution in [1.29, 1.82) is 0 Å². The van der Waals surface area contributed by atoms with Crippen LogP contribution < -0.4 is 0 Å². The van der Waals surface area contributed by atoms with E-state index in [4.69, 9.17) is 5.11 Å². The van der Waals surface area contributed by atoms with E-state index < -0.39 is 12.1 Å². The molecule has 4 aliphatic carbocycles. The number of fused-ring (bicyclic) bond motifs is 5. The maximum atomic E-state index is 12.8. The quantitative estimate of drug-likeness (QED) is 0.452. The van der Waals surface area contributed by atoms with Gasteiger partial charge in [-0.15, -0.1) is 0 Å². The predicted molar refractivity (Wildman–Crippen MR) is 135 cm³/mol. The standard InChI is InChI=1S/C30H44O4/c1-18(9-8-10-19(2)26(33)34)20-13-16-29(6)21-11-12-23-27(3,4)24(31)14-15-28(23,5)22(21)17-25(32)30(20,29)7/h10-11,17-18,20,23,25,32H,8-9,12-16H2,1-7H3,(H,33,34)/b19-10-/t18-,20-,23-,25-,28-,29+,30+/m1/s1. The van der Waals surface area contributed by atoms with Crippen LogP contribution in [-0.4, -0.2) is 28.1 Å². The number of Topliss-reactive ketones (excluding diaryl/α,β-unsaturated/α-hetero) is 1. The van der Waals surface area contributed by atoms with Crippen molar-refractivity contribution < 1.29 is 19.8 Å². The van der Waals surface area contributed by atoms with E-state index in [0.717, 1.165) is 38.5 Å². The Morgan fingerprint density at radius 3 is 2.50 bits per heavy atom. The molecule has 0 aromatic carbocycles. The van der Waals surface area contributed by atoms with Gasteiger partial charge >= 0.3 is 5.97 Å². The van der Waals surface area contributed by atoms with Crippen molar-refractivity contribution in [1.82, 2.24) is 0 Å². The van der Waals surface area contributed by atoms with Crippen molar-refractivity contribution in [3.05, 3.63) is 34.9 Å². The molecule has 0 bridgehead atoms. The Morgan fingerprint density at radius 2 is 1.85 bits per heavy atom. The summed E-state index contributed by atoms with van der Waals surface area (Å²) < 4.78 is 0. The lowest BCUT2D eigenvalue weighted by Gasteiger charge is -2.60. The SMILES string of the molecule is C/C(=C/CC[C@@H](C)[C@H]1CC[C@@]2(C)C3=CC[C@@H]4C(C)(C)C(=O)CC[C@]4(C)C3=C[C@@H](O)[C@]12C)C(=O)O. The summed E-state index contributed by atoms with van der Waals surface area (Å²) in [5.41, 5.74) is 2.39. The topological polar surface area (TPSA) is 74.6 Å². The lowest BCUT2D eigenvalue weighted by molar-refractivity contribution is -0.138. The number of carboxylic acid groups (broad SMARTS) is 1. The van der Waals surface area contributed by atoms with Gasteiger partial charge in [-0.05, 0) is 79.8 Å². The molecule has 7 atom stereocenters. The number of aliphatic hydroxyl groups excluding tert-OH is 1. The van der Waals surface area contributed by atoms with Gasteiger partial charge in [0.05, 0.1) is 6.10 Å². The largest absolute Gasteiger partial charge is 0.478 e. The van der Waals surface area contributed by atoms with Crippen LogP contribution in [0.5, 0.6) is 0 Å². The Hall–Kier alpha value is -1.68. The molecule has 2 saturated carbocycles. The van der Waals surface area contributed by atoms with Crippen LogP contribution in [0, 0.1) is 39.4 Å². The fourth-order valence-corrected chi connectivity index (χ4v) is 8.64. The van der Waals surface area contributed by atoms with Crippen LogP contribution in [0.3, 0.4) is 0 Å². The smallest absolute Gasteiger partial charge is 0.330 e. The van der Waals surface area contributed by atoms with Crippen molar-refractivity contribution in [3.63, 3.8) is 0 Å². The number of carbonyl (C=O) groups excluding carboxylic acids is 1. The maximum Gasteiger partial charge on any atom is 0.330 e. The number of hydrogen-bond donors (Lipinski definition) is 2. The highest BCUT2D eigenvalue weighted by atomic mass is 16.4. The molecule has 0 aromatic heterocycles. The number of carboxylic acids is 1. The Balaban J connectivity index is 1.67. The second kappa shape index (κ2) is 8.18. The highest BCUT2D eigenvalue weighted by molar-refractivity contribution is 5.86. The van der Waals surface area contributed by atoms with Gasteiger partial charge in [0.25, 0.3) is 0 Å². The zero-order chi connectivity index (χ0) is 25.3. The summed E-state index contributed by atoms with van der Waals surface area (Å²) >= 11 is 0. The first-order chi connectivity index (χ1) is 15.7. The number of aliphatic hydroxyl groups is 1. The lowest BCUT2D eigenvalue weighted by atomic mass is 9.44. The van der Waals surface area contributed by atoms with E-state index in [2.05, 4.69) is 53.7 Å². The summed E-state index contributed by atoms with van der Waals surface area (Å²) in [7, 11) is 0. The van der Waals surface area contributed by atoms with Crippen LogP contribution in [0.1, 0.15) is 93.4 Å². The fraction of sp³-hybridized carbons (Fsp3) is 0.733. The molecule has 4 rings (SSSR count). The van der Waals surface area contributed by atoms with Gasteiger partial charge in [0.1, 0.15) is 5.78 Å². The highest BCUT2D eigenvalue weighted by Crippen LogP contribution is 2.71. The van der Waals surface area contributed by atoms with Gasteiger partial charge < -0.3 is 10.2 Å². The van der Waals surface area contributed by atoms with Gasteiger partial charge in [-0.3, -0.25) is 4.79 Å². The monoisotopic (exact) mass is 468 g/mol. The van der Waals surface area contributed by atoms with Gasteiger partial charge in [-0.25, -0.2) is 4.79 Å². The molecule has 2 fully saturated rings. The number of hydrogen-bond acceptors (Lipinski definition) is 3. The normalized spacial score (nSPS) is 42.2. The molecular weight excluding hydrogens is 424 g/mol. The van der Waals surface area contributed by atoms with E-state index in [1.165, 1.54) is 11.1 Å². The molecule has 4 aliphatic rings. The zero-order valence-corrected chi connectivity index (χ0v) is 22.2. The van der Waals surface area contributed by atoms with Crippen LogP contribution in [0.4, 0.5) is 0 Å².